The number of hydrogen-bond donors (Lipinski definition) is 1. The molecule has 0 unspecified atom stereocenters. The van der Waals surface area contributed by atoms with Crippen LogP contribution in [-0.2, 0) is 11.3 Å². The number of aromatic nitrogens is 3. The van der Waals surface area contributed by atoms with Gasteiger partial charge in [-0.2, -0.15) is 5.10 Å². The summed E-state index contributed by atoms with van der Waals surface area (Å²) in [6.45, 7) is 4.34. The van der Waals surface area contributed by atoms with Gasteiger partial charge in [-0.3, -0.25) is 4.98 Å². The molecule has 0 saturated heterocycles. The molecular formula is C17H17N3O3S. The van der Waals surface area contributed by atoms with Crippen molar-refractivity contribution < 1.29 is 14.6 Å². The van der Waals surface area contributed by atoms with Gasteiger partial charge in [-0.25, -0.2) is 9.48 Å². The molecular weight excluding hydrogens is 326 g/mol. The topological polar surface area (TPSA) is 77.2 Å². The largest absolute Gasteiger partial charge is 0.504 e. The summed E-state index contributed by atoms with van der Waals surface area (Å²) in [6.07, 6.45) is 3.03. The minimum Gasteiger partial charge on any atom is -0.504 e. The first-order valence-corrected chi connectivity index (χ1v) is 8.36. The summed E-state index contributed by atoms with van der Waals surface area (Å²) >= 11 is 1.39. The molecule has 0 fully saturated rings. The maximum Gasteiger partial charge on any atom is 0.363 e. The first kappa shape index (κ1) is 16.2. The Morgan fingerprint density at radius 3 is 2.71 bits per heavy atom. The average Bonchev–Trinajstić information content (AvgIpc) is 3.22. The highest BCUT2D eigenvalue weighted by Crippen LogP contribution is 2.21. The summed E-state index contributed by atoms with van der Waals surface area (Å²) in [6, 6.07) is 7.80. The number of benzene rings is 1. The highest BCUT2D eigenvalue weighted by atomic mass is 32.1. The van der Waals surface area contributed by atoms with E-state index in [4.69, 9.17) is 4.74 Å². The van der Waals surface area contributed by atoms with Crippen LogP contribution < -0.4 is 0 Å². The van der Waals surface area contributed by atoms with Gasteiger partial charge in [0, 0.05) is 6.20 Å². The third-order valence-electron chi connectivity index (χ3n) is 3.54. The van der Waals surface area contributed by atoms with Crippen LogP contribution in [0.4, 0.5) is 0 Å². The summed E-state index contributed by atoms with van der Waals surface area (Å²) in [5, 5.41) is 14.1. The van der Waals surface area contributed by atoms with Crippen LogP contribution in [0.2, 0.25) is 0 Å². The fraction of sp³-hybridized carbons (Fsp3) is 0.235. The average molecular weight is 343 g/mol. The van der Waals surface area contributed by atoms with Gasteiger partial charge in [-0.15, -0.1) is 11.3 Å². The molecule has 0 bridgehead atoms. The molecule has 6 nitrogen and oxygen atoms in total. The Morgan fingerprint density at radius 2 is 2.08 bits per heavy atom. The number of thiazole rings is 1. The number of hydrogen-bond acceptors (Lipinski definition) is 6. The molecule has 7 heteroatoms. The van der Waals surface area contributed by atoms with Crippen LogP contribution in [0.1, 0.15) is 40.7 Å². The van der Waals surface area contributed by atoms with Gasteiger partial charge >= 0.3 is 5.97 Å². The molecule has 0 aliphatic rings. The summed E-state index contributed by atoms with van der Waals surface area (Å²) in [7, 11) is 0. The predicted octanol–water partition coefficient (Wildman–Crippen LogP) is 3.51. The number of aromatic hydroxyl groups is 1. The summed E-state index contributed by atoms with van der Waals surface area (Å²) < 4.78 is 6.61. The fourth-order valence-corrected chi connectivity index (χ4v) is 2.68. The predicted molar refractivity (Wildman–Crippen MR) is 90.6 cm³/mol. The minimum atomic E-state index is -0.668. The molecule has 3 aromatic rings. The van der Waals surface area contributed by atoms with Gasteiger partial charge < -0.3 is 9.84 Å². The molecule has 2 aromatic heterocycles. The summed E-state index contributed by atoms with van der Waals surface area (Å²) in [4.78, 5) is 16.8. The van der Waals surface area contributed by atoms with Crippen molar-refractivity contribution in [1.82, 2.24) is 14.8 Å². The van der Waals surface area contributed by atoms with Crippen LogP contribution in [-0.4, -0.2) is 25.8 Å². The van der Waals surface area contributed by atoms with E-state index in [-0.39, 0.29) is 18.1 Å². The van der Waals surface area contributed by atoms with Crippen molar-refractivity contribution in [3.05, 3.63) is 58.3 Å². The smallest absolute Gasteiger partial charge is 0.363 e. The van der Waals surface area contributed by atoms with Crippen LogP contribution in [0, 0.1) is 0 Å². The number of esters is 1. The number of carbonyl (C=O) groups excluding carboxylic acids is 1. The second-order valence-corrected chi connectivity index (χ2v) is 6.57. The number of nitrogens with zero attached hydrogens (tertiary/aromatic N) is 3. The molecule has 124 valence electrons. The Hall–Kier alpha value is -2.67. The maximum absolute atomic E-state index is 12.1. The van der Waals surface area contributed by atoms with Crippen molar-refractivity contribution in [2.45, 2.75) is 26.4 Å². The molecule has 0 atom stereocenters. The number of carbonyl (C=O) groups is 1. The van der Waals surface area contributed by atoms with E-state index in [0.717, 1.165) is 10.6 Å². The molecule has 0 aliphatic heterocycles. The first-order chi connectivity index (χ1) is 11.5. The van der Waals surface area contributed by atoms with Crippen LogP contribution in [0.15, 0.2) is 42.2 Å². The standard InChI is InChI=1S/C17H17N3O3S/c1-11(2)12-3-5-13(6-4-12)20-8-15(21)16(19-20)17(22)23-9-14-7-18-10-24-14/h3-8,10-11,21H,9H2,1-2H3. The van der Waals surface area contributed by atoms with Gasteiger partial charge in [0.1, 0.15) is 6.61 Å². The summed E-state index contributed by atoms with van der Waals surface area (Å²) in [5.41, 5.74) is 3.53. The molecule has 3 rings (SSSR count). The Morgan fingerprint density at radius 1 is 1.33 bits per heavy atom. The molecule has 0 spiro atoms. The van der Waals surface area contributed by atoms with E-state index in [1.165, 1.54) is 27.8 Å². The normalized spacial score (nSPS) is 11.0. The van der Waals surface area contributed by atoms with Gasteiger partial charge in [-0.1, -0.05) is 26.0 Å². The van der Waals surface area contributed by atoms with Gasteiger partial charge in [0.15, 0.2) is 5.75 Å². The lowest BCUT2D eigenvalue weighted by molar-refractivity contribution is 0.0466. The van der Waals surface area contributed by atoms with E-state index < -0.39 is 5.97 Å². The molecule has 1 aromatic carbocycles. The van der Waals surface area contributed by atoms with Gasteiger partial charge in [0.2, 0.25) is 5.69 Å². The van der Waals surface area contributed by atoms with Crippen molar-refractivity contribution >= 4 is 17.3 Å². The Bertz CT molecular complexity index is 823. The highest BCUT2D eigenvalue weighted by Gasteiger charge is 2.19. The monoisotopic (exact) mass is 343 g/mol. The van der Waals surface area contributed by atoms with E-state index in [9.17, 15) is 9.90 Å². The number of ether oxygens (including phenoxy) is 1. The molecule has 24 heavy (non-hydrogen) atoms. The maximum atomic E-state index is 12.1. The van der Waals surface area contributed by atoms with Crippen molar-refractivity contribution in [1.29, 1.82) is 0 Å². The van der Waals surface area contributed by atoms with E-state index in [0.29, 0.717) is 5.92 Å². The van der Waals surface area contributed by atoms with Gasteiger partial charge in [-0.05, 0) is 23.6 Å². The zero-order valence-corrected chi connectivity index (χ0v) is 14.2. The van der Waals surface area contributed by atoms with Crippen molar-refractivity contribution in [2.75, 3.05) is 0 Å². The van der Waals surface area contributed by atoms with E-state index in [1.807, 2.05) is 24.3 Å². The van der Waals surface area contributed by atoms with Crippen LogP contribution in [0.25, 0.3) is 5.69 Å². The Kier molecular flexibility index (Phi) is 4.61. The van der Waals surface area contributed by atoms with Gasteiger partial charge in [0.25, 0.3) is 0 Å². The molecule has 0 radical (unpaired) electrons. The molecule has 2 heterocycles. The Balaban J connectivity index is 1.75. The van der Waals surface area contributed by atoms with Crippen molar-refractivity contribution in [3.8, 4) is 11.4 Å². The van der Waals surface area contributed by atoms with Crippen molar-refractivity contribution in [3.63, 3.8) is 0 Å². The van der Waals surface area contributed by atoms with Crippen LogP contribution >= 0.6 is 11.3 Å². The summed E-state index contributed by atoms with van der Waals surface area (Å²) in [5.74, 6) is -0.446. The molecule has 0 aliphatic carbocycles. The lowest BCUT2D eigenvalue weighted by Gasteiger charge is -2.06. The highest BCUT2D eigenvalue weighted by molar-refractivity contribution is 7.09. The minimum absolute atomic E-state index is 0.104. The fourth-order valence-electron chi connectivity index (χ4n) is 2.17. The van der Waals surface area contributed by atoms with E-state index in [1.54, 1.807) is 11.7 Å². The molecule has 0 saturated carbocycles. The van der Waals surface area contributed by atoms with Crippen molar-refractivity contribution in [2.24, 2.45) is 0 Å². The second kappa shape index (κ2) is 6.84. The van der Waals surface area contributed by atoms with E-state index >= 15 is 0 Å². The number of rotatable bonds is 5. The zero-order chi connectivity index (χ0) is 17.1. The molecule has 0 amide bonds. The zero-order valence-electron chi connectivity index (χ0n) is 13.3. The second-order valence-electron chi connectivity index (χ2n) is 5.60. The quantitative estimate of drug-likeness (QED) is 0.717. The third-order valence-corrected chi connectivity index (χ3v) is 4.29. The van der Waals surface area contributed by atoms with Gasteiger partial charge in [0.05, 0.1) is 22.3 Å². The SMILES string of the molecule is CC(C)c1ccc(-n2cc(O)c(C(=O)OCc3cncs3)n2)cc1. The van der Waals surface area contributed by atoms with E-state index in [2.05, 4.69) is 23.9 Å². The van der Waals surface area contributed by atoms with Crippen LogP contribution in [0.5, 0.6) is 5.75 Å². The molecule has 1 N–H and O–H groups in total. The Labute approximate surface area is 143 Å². The third kappa shape index (κ3) is 3.46. The first-order valence-electron chi connectivity index (χ1n) is 7.48. The lowest BCUT2D eigenvalue weighted by atomic mass is 10.0. The van der Waals surface area contributed by atoms with Crippen LogP contribution in [0.3, 0.4) is 0 Å². The lowest BCUT2D eigenvalue weighted by Crippen LogP contribution is -2.07.